The van der Waals surface area contributed by atoms with Crippen molar-refractivity contribution < 1.29 is 14.0 Å². The summed E-state index contributed by atoms with van der Waals surface area (Å²) >= 11 is 0. The SMILES string of the molecule is O=C(Cc1ccccc1F)N1CCN(C(=O)NCc2ccccc2)CC1. The third kappa shape index (κ3) is 4.59. The topological polar surface area (TPSA) is 52.7 Å². The fraction of sp³-hybridized carbons (Fsp3) is 0.300. The van der Waals surface area contributed by atoms with Crippen molar-refractivity contribution in [3.63, 3.8) is 0 Å². The molecule has 136 valence electrons. The summed E-state index contributed by atoms with van der Waals surface area (Å²) < 4.78 is 13.7. The first kappa shape index (κ1) is 17.9. The van der Waals surface area contributed by atoms with Crippen molar-refractivity contribution in [2.24, 2.45) is 0 Å². The second-order valence-electron chi connectivity index (χ2n) is 6.28. The Bertz CT molecular complexity index is 759. The number of benzene rings is 2. The van der Waals surface area contributed by atoms with Crippen LogP contribution in [0.25, 0.3) is 0 Å². The molecule has 0 aromatic heterocycles. The van der Waals surface area contributed by atoms with Crippen molar-refractivity contribution in [1.29, 1.82) is 0 Å². The second kappa shape index (κ2) is 8.47. The van der Waals surface area contributed by atoms with E-state index in [2.05, 4.69) is 5.32 Å². The van der Waals surface area contributed by atoms with E-state index in [4.69, 9.17) is 0 Å². The molecule has 1 N–H and O–H groups in total. The average molecular weight is 355 g/mol. The maximum absolute atomic E-state index is 13.7. The third-order valence-corrected chi connectivity index (χ3v) is 4.51. The van der Waals surface area contributed by atoms with Crippen LogP contribution in [0.1, 0.15) is 11.1 Å². The Morgan fingerprint density at radius 1 is 0.885 bits per heavy atom. The van der Waals surface area contributed by atoms with Crippen molar-refractivity contribution in [2.45, 2.75) is 13.0 Å². The van der Waals surface area contributed by atoms with Gasteiger partial charge in [-0.3, -0.25) is 4.79 Å². The van der Waals surface area contributed by atoms with Crippen LogP contribution in [0.15, 0.2) is 54.6 Å². The lowest BCUT2D eigenvalue weighted by Crippen LogP contribution is -2.53. The number of nitrogens with one attached hydrogen (secondary N) is 1. The van der Waals surface area contributed by atoms with Crippen LogP contribution < -0.4 is 5.32 Å². The van der Waals surface area contributed by atoms with Gasteiger partial charge in [-0.1, -0.05) is 48.5 Å². The average Bonchev–Trinajstić information content (AvgIpc) is 2.69. The monoisotopic (exact) mass is 355 g/mol. The van der Waals surface area contributed by atoms with E-state index >= 15 is 0 Å². The van der Waals surface area contributed by atoms with Gasteiger partial charge in [-0.2, -0.15) is 0 Å². The number of carbonyl (C=O) groups excluding carboxylic acids is 2. The van der Waals surface area contributed by atoms with Crippen molar-refractivity contribution in [1.82, 2.24) is 15.1 Å². The van der Waals surface area contributed by atoms with Crippen LogP contribution in [-0.4, -0.2) is 47.9 Å². The molecule has 0 atom stereocenters. The molecule has 0 aliphatic carbocycles. The first-order valence-corrected chi connectivity index (χ1v) is 8.71. The summed E-state index contributed by atoms with van der Waals surface area (Å²) in [4.78, 5) is 28.0. The predicted molar refractivity (Wildman–Crippen MR) is 96.9 cm³/mol. The number of nitrogens with zero attached hydrogens (tertiary/aromatic N) is 2. The Morgan fingerprint density at radius 3 is 2.19 bits per heavy atom. The summed E-state index contributed by atoms with van der Waals surface area (Å²) in [5.41, 5.74) is 1.44. The highest BCUT2D eigenvalue weighted by Crippen LogP contribution is 2.11. The van der Waals surface area contributed by atoms with Crippen LogP contribution in [0.2, 0.25) is 0 Å². The summed E-state index contributed by atoms with van der Waals surface area (Å²) in [6.07, 6.45) is 0.0485. The van der Waals surface area contributed by atoms with Gasteiger partial charge in [0.1, 0.15) is 5.82 Å². The minimum Gasteiger partial charge on any atom is -0.339 e. The molecule has 2 aromatic rings. The van der Waals surface area contributed by atoms with Gasteiger partial charge in [-0.25, -0.2) is 9.18 Å². The minimum absolute atomic E-state index is 0.0485. The summed E-state index contributed by atoms with van der Waals surface area (Å²) in [5, 5.41) is 2.89. The molecular weight excluding hydrogens is 333 g/mol. The van der Waals surface area contributed by atoms with Gasteiger partial charge < -0.3 is 15.1 Å². The van der Waals surface area contributed by atoms with Gasteiger partial charge in [0.15, 0.2) is 0 Å². The van der Waals surface area contributed by atoms with Crippen LogP contribution in [0.3, 0.4) is 0 Å². The van der Waals surface area contributed by atoms with E-state index in [9.17, 15) is 14.0 Å². The number of piperazine rings is 1. The molecule has 0 spiro atoms. The Balaban J connectivity index is 1.45. The minimum atomic E-state index is -0.361. The summed E-state index contributed by atoms with van der Waals surface area (Å²) in [5.74, 6) is -0.473. The largest absolute Gasteiger partial charge is 0.339 e. The smallest absolute Gasteiger partial charge is 0.317 e. The van der Waals surface area contributed by atoms with Gasteiger partial charge in [0.25, 0.3) is 0 Å². The lowest BCUT2D eigenvalue weighted by Gasteiger charge is -2.34. The molecule has 1 fully saturated rings. The maximum Gasteiger partial charge on any atom is 0.317 e. The summed E-state index contributed by atoms with van der Waals surface area (Å²) in [7, 11) is 0. The number of halogens is 1. The molecule has 1 saturated heterocycles. The molecule has 0 radical (unpaired) electrons. The summed E-state index contributed by atoms with van der Waals surface area (Å²) in [6, 6.07) is 15.9. The molecule has 0 unspecified atom stereocenters. The van der Waals surface area contributed by atoms with Crippen molar-refractivity contribution in [3.8, 4) is 0 Å². The maximum atomic E-state index is 13.7. The quantitative estimate of drug-likeness (QED) is 0.916. The Morgan fingerprint density at radius 2 is 1.50 bits per heavy atom. The molecule has 6 heteroatoms. The molecule has 3 amide bonds. The Hall–Kier alpha value is -2.89. The van der Waals surface area contributed by atoms with E-state index in [-0.39, 0.29) is 24.2 Å². The van der Waals surface area contributed by atoms with Gasteiger partial charge in [0, 0.05) is 32.7 Å². The van der Waals surface area contributed by atoms with E-state index in [1.807, 2.05) is 30.3 Å². The van der Waals surface area contributed by atoms with Gasteiger partial charge in [-0.05, 0) is 17.2 Å². The van der Waals surface area contributed by atoms with E-state index in [1.54, 1.807) is 28.0 Å². The van der Waals surface area contributed by atoms with Crippen LogP contribution >= 0.6 is 0 Å². The van der Waals surface area contributed by atoms with Gasteiger partial charge in [0.05, 0.1) is 6.42 Å². The zero-order valence-corrected chi connectivity index (χ0v) is 14.5. The number of rotatable bonds is 4. The van der Waals surface area contributed by atoms with Crippen LogP contribution in [0, 0.1) is 5.82 Å². The Kier molecular flexibility index (Phi) is 5.84. The van der Waals surface area contributed by atoms with Crippen LogP contribution in [-0.2, 0) is 17.8 Å². The number of hydrogen-bond donors (Lipinski definition) is 1. The van der Waals surface area contributed by atoms with E-state index in [1.165, 1.54) is 6.07 Å². The predicted octanol–water partition coefficient (Wildman–Crippen LogP) is 2.42. The first-order valence-electron chi connectivity index (χ1n) is 8.71. The molecule has 1 aliphatic heterocycles. The van der Waals surface area contributed by atoms with Crippen molar-refractivity contribution in [2.75, 3.05) is 26.2 Å². The normalized spacial score (nSPS) is 14.2. The zero-order chi connectivity index (χ0) is 18.4. The van der Waals surface area contributed by atoms with Gasteiger partial charge in [0.2, 0.25) is 5.91 Å². The number of carbonyl (C=O) groups is 2. The zero-order valence-electron chi connectivity index (χ0n) is 14.5. The molecule has 26 heavy (non-hydrogen) atoms. The van der Waals surface area contributed by atoms with Crippen LogP contribution in [0.4, 0.5) is 9.18 Å². The molecule has 1 heterocycles. The molecule has 2 aromatic carbocycles. The molecule has 1 aliphatic rings. The molecule has 0 saturated carbocycles. The van der Waals surface area contributed by atoms with E-state index in [0.29, 0.717) is 38.3 Å². The second-order valence-corrected chi connectivity index (χ2v) is 6.28. The van der Waals surface area contributed by atoms with E-state index in [0.717, 1.165) is 5.56 Å². The highest BCUT2D eigenvalue weighted by atomic mass is 19.1. The van der Waals surface area contributed by atoms with Crippen molar-refractivity contribution in [3.05, 3.63) is 71.5 Å². The molecular formula is C20H22FN3O2. The highest BCUT2D eigenvalue weighted by molar-refractivity contribution is 5.79. The third-order valence-electron chi connectivity index (χ3n) is 4.51. The Labute approximate surface area is 152 Å². The number of urea groups is 1. The highest BCUT2D eigenvalue weighted by Gasteiger charge is 2.24. The lowest BCUT2D eigenvalue weighted by atomic mass is 10.1. The number of amides is 3. The van der Waals surface area contributed by atoms with Crippen LogP contribution in [0.5, 0.6) is 0 Å². The van der Waals surface area contributed by atoms with E-state index < -0.39 is 0 Å². The fourth-order valence-corrected chi connectivity index (χ4v) is 2.96. The van der Waals surface area contributed by atoms with Gasteiger partial charge >= 0.3 is 6.03 Å². The lowest BCUT2D eigenvalue weighted by molar-refractivity contribution is -0.131. The summed E-state index contributed by atoms with van der Waals surface area (Å²) in [6.45, 7) is 2.36. The molecule has 3 rings (SSSR count). The molecule has 0 bridgehead atoms. The molecule has 5 nitrogen and oxygen atoms in total. The van der Waals surface area contributed by atoms with Crippen molar-refractivity contribution >= 4 is 11.9 Å². The number of hydrogen-bond acceptors (Lipinski definition) is 2. The van der Waals surface area contributed by atoms with Gasteiger partial charge in [-0.15, -0.1) is 0 Å². The first-order chi connectivity index (χ1) is 12.6. The standard InChI is InChI=1S/C20H22FN3O2/c21-18-9-5-4-8-17(18)14-19(25)23-10-12-24(13-11-23)20(26)22-15-16-6-2-1-3-7-16/h1-9H,10-15H2,(H,22,26). The fourth-order valence-electron chi connectivity index (χ4n) is 2.96.